The Balaban J connectivity index is 2.43. The average Bonchev–Trinajstić information content (AvgIpc) is 2.36. The summed E-state index contributed by atoms with van der Waals surface area (Å²) in [7, 11) is 0. The highest BCUT2D eigenvalue weighted by molar-refractivity contribution is 5.99. The summed E-state index contributed by atoms with van der Waals surface area (Å²) in [5.74, 6) is -0.309. The molecule has 0 heterocycles. The van der Waals surface area contributed by atoms with Gasteiger partial charge < -0.3 is 15.6 Å². The first kappa shape index (κ1) is 14.9. The van der Waals surface area contributed by atoms with Crippen LogP contribution in [0.4, 0.5) is 5.69 Å². The summed E-state index contributed by atoms with van der Waals surface area (Å²) in [6.45, 7) is 5.42. The molecule has 2 rings (SSSR count). The van der Waals surface area contributed by atoms with Crippen LogP contribution in [-0.2, 0) is 4.74 Å². The molecule has 0 atom stereocenters. The lowest BCUT2D eigenvalue weighted by Crippen LogP contribution is -2.24. The van der Waals surface area contributed by atoms with Crippen molar-refractivity contribution in [1.29, 1.82) is 0 Å². The fourth-order valence-electron chi connectivity index (χ4n) is 2.00. The maximum Gasteiger partial charge on any atom is 0.340 e. The number of anilines is 1. The van der Waals surface area contributed by atoms with Gasteiger partial charge in [-0.3, -0.25) is 0 Å². The molecule has 21 heavy (non-hydrogen) atoms. The second-order valence-corrected chi connectivity index (χ2v) is 5.82. The monoisotopic (exact) mass is 285 g/mol. The maximum atomic E-state index is 12.2. The third-order valence-corrected chi connectivity index (χ3v) is 2.88. The molecule has 0 aliphatic heterocycles. The van der Waals surface area contributed by atoms with Crippen LogP contribution in [0.25, 0.3) is 11.1 Å². The zero-order valence-corrected chi connectivity index (χ0v) is 12.4. The molecule has 0 radical (unpaired) electrons. The van der Waals surface area contributed by atoms with Gasteiger partial charge in [0, 0.05) is 5.56 Å². The number of carbonyl (C=O) groups excluding carboxylic acids is 1. The van der Waals surface area contributed by atoms with E-state index in [0.717, 1.165) is 5.56 Å². The number of phenolic OH excluding ortho intramolecular Hbond substituents is 1. The summed E-state index contributed by atoms with van der Waals surface area (Å²) < 4.78 is 5.35. The van der Waals surface area contributed by atoms with Crippen LogP contribution in [0.1, 0.15) is 31.1 Å². The number of ether oxygens (including phenoxy) is 1. The van der Waals surface area contributed by atoms with E-state index < -0.39 is 11.6 Å². The SMILES string of the molecule is CC(C)(C)OC(=O)c1cccc(-c2cccc(O)c2)c1N. The number of aromatic hydroxyl groups is 1. The predicted molar refractivity (Wildman–Crippen MR) is 83.1 cm³/mol. The molecule has 2 aromatic carbocycles. The fourth-order valence-corrected chi connectivity index (χ4v) is 2.00. The number of phenols is 1. The summed E-state index contributed by atoms with van der Waals surface area (Å²) in [6, 6.07) is 11.9. The molecule has 2 aromatic rings. The minimum absolute atomic E-state index is 0.148. The van der Waals surface area contributed by atoms with Gasteiger partial charge in [0.2, 0.25) is 0 Å². The van der Waals surface area contributed by atoms with E-state index >= 15 is 0 Å². The van der Waals surface area contributed by atoms with Crippen LogP contribution in [0.15, 0.2) is 42.5 Å². The summed E-state index contributed by atoms with van der Waals surface area (Å²) in [6.07, 6.45) is 0. The number of para-hydroxylation sites is 1. The predicted octanol–water partition coefficient (Wildman–Crippen LogP) is 3.60. The topological polar surface area (TPSA) is 72.5 Å². The molecule has 0 spiro atoms. The summed E-state index contributed by atoms with van der Waals surface area (Å²) >= 11 is 0. The minimum Gasteiger partial charge on any atom is -0.508 e. The third kappa shape index (κ3) is 3.54. The Labute approximate surface area is 124 Å². The van der Waals surface area contributed by atoms with Gasteiger partial charge in [-0.05, 0) is 44.5 Å². The molecule has 0 bridgehead atoms. The van der Waals surface area contributed by atoms with Gasteiger partial charge >= 0.3 is 5.97 Å². The van der Waals surface area contributed by atoms with Gasteiger partial charge in [-0.2, -0.15) is 0 Å². The molecule has 0 amide bonds. The van der Waals surface area contributed by atoms with E-state index in [1.807, 2.05) is 6.07 Å². The summed E-state index contributed by atoms with van der Waals surface area (Å²) in [5, 5.41) is 9.56. The summed E-state index contributed by atoms with van der Waals surface area (Å²) in [5.41, 5.74) is 7.63. The van der Waals surface area contributed by atoms with Gasteiger partial charge in [-0.1, -0.05) is 24.3 Å². The number of benzene rings is 2. The highest BCUT2D eigenvalue weighted by Crippen LogP contribution is 2.31. The lowest BCUT2D eigenvalue weighted by Gasteiger charge is -2.20. The van der Waals surface area contributed by atoms with E-state index in [1.165, 1.54) is 0 Å². The smallest absolute Gasteiger partial charge is 0.340 e. The second-order valence-electron chi connectivity index (χ2n) is 5.82. The van der Waals surface area contributed by atoms with Crippen molar-refractivity contribution in [2.45, 2.75) is 26.4 Å². The van der Waals surface area contributed by atoms with Crippen molar-refractivity contribution in [3.63, 3.8) is 0 Å². The maximum absolute atomic E-state index is 12.2. The van der Waals surface area contributed by atoms with E-state index in [9.17, 15) is 9.90 Å². The van der Waals surface area contributed by atoms with Crippen molar-refractivity contribution < 1.29 is 14.6 Å². The first-order valence-corrected chi connectivity index (χ1v) is 6.69. The second kappa shape index (κ2) is 5.48. The van der Waals surface area contributed by atoms with Crippen LogP contribution in [-0.4, -0.2) is 16.7 Å². The molecule has 0 saturated heterocycles. The molecule has 4 nitrogen and oxygen atoms in total. The third-order valence-electron chi connectivity index (χ3n) is 2.88. The van der Waals surface area contributed by atoms with Gasteiger partial charge in [0.25, 0.3) is 0 Å². The van der Waals surface area contributed by atoms with Crippen molar-refractivity contribution in [2.24, 2.45) is 0 Å². The lowest BCUT2D eigenvalue weighted by atomic mass is 10.00. The van der Waals surface area contributed by atoms with Crippen molar-refractivity contribution in [1.82, 2.24) is 0 Å². The molecule has 0 unspecified atom stereocenters. The summed E-state index contributed by atoms with van der Waals surface area (Å²) in [4.78, 5) is 12.2. The molecule has 0 saturated carbocycles. The number of rotatable bonds is 2. The highest BCUT2D eigenvalue weighted by Gasteiger charge is 2.21. The number of esters is 1. The van der Waals surface area contributed by atoms with Crippen LogP contribution in [0.3, 0.4) is 0 Å². The standard InChI is InChI=1S/C17H19NO3/c1-17(2,3)21-16(20)14-9-5-8-13(15(14)18)11-6-4-7-12(19)10-11/h4-10,19H,18H2,1-3H3. The molecule has 4 heteroatoms. The normalized spacial score (nSPS) is 11.2. The van der Waals surface area contributed by atoms with E-state index in [4.69, 9.17) is 10.5 Å². The van der Waals surface area contributed by atoms with Crippen molar-refractivity contribution in [3.05, 3.63) is 48.0 Å². The zero-order chi connectivity index (χ0) is 15.6. The Bertz CT molecular complexity index is 672. The molecular weight excluding hydrogens is 266 g/mol. The van der Waals surface area contributed by atoms with Crippen molar-refractivity contribution in [2.75, 3.05) is 5.73 Å². The number of hydrogen-bond acceptors (Lipinski definition) is 4. The largest absolute Gasteiger partial charge is 0.508 e. The van der Waals surface area contributed by atoms with E-state index in [0.29, 0.717) is 16.8 Å². The van der Waals surface area contributed by atoms with Gasteiger partial charge in [-0.15, -0.1) is 0 Å². The Morgan fingerprint density at radius 1 is 1.14 bits per heavy atom. The van der Waals surface area contributed by atoms with Gasteiger partial charge in [0.1, 0.15) is 11.4 Å². The van der Waals surface area contributed by atoms with E-state index in [2.05, 4.69) is 0 Å². The van der Waals surface area contributed by atoms with Gasteiger partial charge in [-0.25, -0.2) is 4.79 Å². The molecule has 0 aromatic heterocycles. The quantitative estimate of drug-likeness (QED) is 0.653. The zero-order valence-electron chi connectivity index (χ0n) is 12.4. The van der Waals surface area contributed by atoms with E-state index in [1.54, 1.807) is 57.2 Å². The first-order chi connectivity index (χ1) is 9.78. The van der Waals surface area contributed by atoms with Crippen LogP contribution in [0, 0.1) is 0 Å². The van der Waals surface area contributed by atoms with E-state index in [-0.39, 0.29) is 5.75 Å². The average molecular weight is 285 g/mol. The van der Waals surface area contributed by atoms with Crippen LogP contribution in [0.2, 0.25) is 0 Å². The molecule has 0 aliphatic rings. The molecular formula is C17H19NO3. The lowest BCUT2D eigenvalue weighted by molar-refractivity contribution is 0.00708. The minimum atomic E-state index is -0.579. The molecule has 3 N–H and O–H groups in total. The number of carbonyl (C=O) groups is 1. The van der Waals surface area contributed by atoms with Crippen molar-refractivity contribution >= 4 is 11.7 Å². The van der Waals surface area contributed by atoms with Crippen LogP contribution < -0.4 is 5.73 Å². The van der Waals surface area contributed by atoms with Gasteiger partial charge in [0.15, 0.2) is 0 Å². The fraction of sp³-hybridized carbons (Fsp3) is 0.235. The van der Waals surface area contributed by atoms with Crippen LogP contribution in [0.5, 0.6) is 5.75 Å². The molecule has 0 fully saturated rings. The highest BCUT2D eigenvalue weighted by atomic mass is 16.6. The van der Waals surface area contributed by atoms with Crippen molar-refractivity contribution in [3.8, 4) is 16.9 Å². The number of hydrogen-bond donors (Lipinski definition) is 2. The van der Waals surface area contributed by atoms with Crippen LogP contribution >= 0.6 is 0 Å². The molecule has 0 aliphatic carbocycles. The Hall–Kier alpha value is -2.49. The number of nitrogens with two attached hydrogens (primary N) is 1. The van der Waals surface area contributed by atoms with Gasteiger partial charge in [0.05, 0.1) is 11.3 Å². The first-order valence-electron chi connectivity index (χ1n) is 6.69. The number of nitrogen functional groups attached to an aromatic ring is 1. The Morgan fingerprint density at radius 2 is 1.81 bits per heavy atom. The molecule has 110 valence electrons. The Morgan fingerprint density at radius 3 is 2.43 bits per heavy atom. The Kier molecular flexibility index (Phi) is 3.89.